The molecule has 1 aliphatic heterocycles. The molecule has 3 aromatic heterocycles. The molecule has 192 valence electrons. The summed E-state index contributed by atoms with van der Waals surface area (Å²) < 4.78 is 15.1. The lowest BCUT2D eigenvalue weighted by molar-refractivity contribution is 0.0220. The summed E-state index contributed by atoms with van der Waals surface area (Å²) in [7, 11) is 2.00. The van der Waals surface area contributed by atoms with Gasteiger partial charge in [0.2, 0.25) is 0 Å². The molecule has 0 saturated heterocycles. The van der Waals surface area contributed by atoms with Crippen LogP contribution in [0.15, 0.2) is 59.7 Å². The maximum atomic E-state index is 12.9. The van der Waals surface area contributed by atoms with Crippen molar-refractivity contribution in [3.8, 4) is 11.4 Å². The third-order valence-corrected chi connectivity index (χ3v) is 6.59. The van der Waals surface area contributed by atoms with Gasteiger partial charge in [0.25, 0.3) is 5.56 Å². The fourth-order valence-corrected chi connectivity index (χ4v) is 4.69. The Labute approximate surface area is 216 Å². The fourth-order valence-electron chi connectivity index (χ4n) is 4.69. The molecule has 0 bridgehead atoms. The van der Waals surface area contributed by atoms with Crippen LogP contribution in [0.2, 0.25) is 0 Å². The Morgan fingerprint density at radius 1 is 1.11 bits per heavy atom. The van der Waals surface area contributed by atoms with Crippen molar-refractivity contribution in [3.05, 3.63) is 87.7 Å². The molecule has 0 spiro atoms. The molecule has 0 unspecified atom stereocenters. The molecule has 8 heteroatoms. The zero-order valence-corrected chi connectivity index (χ0v) is 21.9. The van der Waals surface area contributed by atoms with E-state index >= 15 is 0 Å². The average molecular weight is 501 g/mol. The summed E-state index contributed by atoms with van der Waals surface area (Å²) in [5.74, 6) is 0.513. The number of aromatic nitrogens is 3. The largest absolute Gasteiger partial charge is 0.489 e. The second-order valence-electron chi connectivity index (χ2n) is 10.5. The van der Waals surface area contributed by atoms with E-state index in [1.165, 1.54) is 11.6 Å². The number of ether oxygens (including phenoxy) is 2. The van der Waals surface area contributed by atoms with Crippen LogP contribution >= 0.6 is 0 Å². The lowest BCUT2D eigenvalue weighted by atomic mass is 10.0. The van der Waals surface area contributed by atoms with Gasteiger partial charge in [-0.25, -0.2) is 4.79 Å². The van der Waals surface area contributed by atoms with Crippen molar-refractivity contribution in [1.29, 1.82) is 0 Å². The number of nitrogens with zero attached hydrogens (tertiary/aromatic N) is 4. The molecule has 1 aromatic carbocycles. The van der Waals surface area contributed by atoms with E-state index < -0.39 is 5.60 Å². The number of pyridine rings is 2. The quantitative estimate of drug-likeness (QED) is 0.398. The van der Waals surface area contributed by atoms with Crippen LogP contribution in [0, 0.1) is 6.92 Å². The van der Waals surface area contributed by atoms with E-state index in [1.54, 1.807) is 27.9 Å². The molecule has 0 fully saturated rings. The van der Waals surface area contributed by atoms with Gasteiger partial charge in [-0.3, -0.25) is 14.3 Å². The Bertz CT molecular complexity index is 1530. The molecule has 0 aliphatic carbocycles. The molecule has 4 aromatic rings. The van der Waals surface area contributed by atoms with E-state index in [4.69, 9.17) is 9.47 Å². The lowest BCUT2D eigenvalue weighted by Crippen LogP contribution is -2.40. The van der Waals surface area contributed by atoms with E-state index in [0.29, 0.717) is 25.4 Å². The minimum atomic E-state index is -0.531. The number of aryl methyl sites for hydroxylation is 2. The van der Waals surface area contributed by atoms with Crippen LogP contribution in [0.1, 0.15) is 43.3 Å². The third kappa shape index (κ3) is 5.09. The van der Waals surface area contributed by atoms with Gasteiger partial charge in [0.05, 0.1) is 17.7 Å². The van der Waals surface area contributed by atoms with Crippen molar-refractivity contribution in [3.63, 3.8) is 0 Å². The van der Waals surface area contributed by atoms with Gasteiger partial charge in [0, 0.05) is 54.4 Å². The van der Waals surface area contributed by atoms with E-state index in [1.807, 2.05) is 59.0 Å². The van der Waals surface area contributed by atoms with Crippen LogP contribution in [-0.4, -0.2) is 37.3 Å². The monoisotopic (exact) mass is 500 g/mol. The highest BCUT2D eigenvalue weighted by atomic mass is 16.6. The number of rotatable bonds is 4. The fraction of sp³-hybridized carbons (Fsp3) is 0.345. The zero-order chi connectivity index (χ0) is 26.3. The highest BCUT2D eigenvalue weighted by Crippen LogP contribution is 2.32. The van der Waals surface area contributed by atoms with Crippen LogP contribution in [0.4, 0.5) is 4.79 Å². The molecule has 5 rings (SSSR count). The summed E-state index contributed by atoms with van der Waals surface area (Å²) in [6.45, 7) is 9.01. The Morgan fingerprint density at radius 3 is 2.62 bits per heavy atom. The smallest absolute Gasteiger partial charge is 0.410 e. The van der Waals surface area contributed by atoms with Gasteiger partial charge in [-0.05, 0) is 63.9 Å². The summed E-state index contributed by atoms with van der Waals surface area (Å²) in [6.07, 6.45) is 3.97. The molecule has 37 heavy (non-hydrogen) atoms. The van der Waals surface area contributed by atoms with Gasteiger partial charge >= 0.3 is 6.09 Å². The minimum Gasteiger partial charge on any atom is -0.489 e. The van der Waals surface area contributed by atoms with Crippen LogP contribution in [0.3, 0.4) is 0 Å². The second-order valence-corrected chi connectivity index (χ2v) is 10.5. The second kappa shape index (κ2) is 9.42. The third-order valence-electron chi connectivity index (χ3n) is 6.59. The van der Waals surface area contributed by atoms with Gasteiger partial charge in [-0.1, -0.05) is 12.1 Å². The highest BCUT2D eigenvalue weighted by molar-refractivity contribution is 5.88. The first kappa shape index (κ1) is 24.6. The molecular weight excluding hydrogens is 468 g/mol. The van der Waals surface area contributed by atoms with E-state index in [0.717, 1.165) is 40.0 Å². The van der Waals surface area contributed by atoms with Crippen LogP contribution in [0.25, 0.3) is 16.6 Å². The van der Waals surface area contributed by atoms with Crippen molar-refractivity contribution >= 4 is 17.0 Å². The zero-order valence-electron chi connectivity index (χ0n) is 21.9. The van der Waals surface area contributed by atoms with Crippen molar-refractivity contribution < 1.29 is 14.3 Å². The number of hydrogen-bond acceptors (Lipinski definition) is 5. The molecule has 1 aliphatic rings. The number of amides is 1. The van der Waals surface area contributed by atoms with Gasteiger partial charge < -0.3 is 18.9 Å². The normalized spacial score (nSPS) is 13.5. The number of benzene rings is 1. The molecule has 0 atom stereocenters. The molecule has 1 amide bonds. The van der Waals surface area contributed by atoms with E-state index in [2.05, 4.69) is 15.6 Å². The van der Waals surface area contributed by atoms with Crippen LogP contribution < -0.4 is 10.3 Å². The Morgan fingerprint density at radius 2 is 1.92 bits per heavy atom. The molecule has 0 saturated carbocycles. The predicted molar refractivity (Wildman–Crippen MR) is 142 cm³/mol. The molecular formula is C29H32N4O4. The van der Waals surface area contributed by atoms with Gasteiger partial charge in [0.15, 0.2) is 0 Å². The van der Waals surface area contributed by atoms with E-state index in [-0.39, 0.29) is 11.7 Å². The molecule has 0 N–H and O–H groups in total. The maximum Gasteiger partial charge on any atom is 0.410 e. The average Bonchev–Trinajstić information content (AvgIpc) is 3.13. The Kier molecular flexibility index (Phi) is 6.27. The first-order chi connectivity index (χ1) is 17.6. The summed E-state index contributed by atoms with van der Waals surface area (Å²) in [5, 5.41) is 1.14. The van der Waals surface area contributed by atoms with Crippen molar-refractivity contribution in [2.45, 2.75) is 52.9 Å². The van der Waals surface area contributed by atoms with Crippen LogP contribution in [0.5, 0.6) is 5.75 Å². The number of hydrogen-bond donors (Lipinski definition) is 0. The van der Waals surface area contributed by atoms with Gasteiger partial charge in [0.1, 0.15) is 18.0 Å². The predicted octanol–water partition coefficient (Wildman–Crippen LogP) is 4.90. The number of carbonyl (C=O) groups excluding carboxylic acids is 1. The first-order valence-corrected chi connectivity index (χ1v) is 12.4. The summed E-state index contributed by atoms with van der Waals surface area (Å²) in [6, 6.07) is 13.2. The van der Waals surface area contributed by atoms with Crippen molar-refractivity contribution in [1.82, 2.24) is 19.0 Å². The minimum absolute atomic E-state index is 0.172. The summed E-state index contributed by atoms with van der Waals surface area (Å²) in [5.41, 5.74) is 5.31. The Hall–Kier alpha value is -4.07. The molecule has 0 radical (unpaired) electrons. The first-order valence-electron chi connectivity index (χ1n) is 12.4. The lowest BCUT2D eigenvalue weighted by Gasteiger charge is -2.30. The summed E-state index contributed by atoms with van der Waals surface area (Å²) in [4.78, 5) is 31.6. The number of fused-ring (bicyclic) bond motifs is 3. The standard InChI is InChI=1S/C29H32N4O4/c1-19-6-7-20(16-30-19)18-36-22-10-13-33(27(34)15-22)21-8-9-23-24-11-12-32(28(35)37-29(2,3)4)17-26(24)31(5)25(23)14-21/h6-10,13-16H,11-12,17-18H2,1-5H3. The highest BCUT2D eigenvalue weighted by Gasteiger charge is 2.29. The van der Waals surface area contributed by atoms with Gasteiger partial charge in [-0.15, -0.1) is 0 Å². The van der Waals surface area contributed by atoms with Gasteiger partial charge in [-0.2, -0.15) is 0 Å². The Balaban J connectivity index is 1.38. The van der Waals surface area contributed by atoms with Crippen LogP contribution in [-0.2, 0) is 31.4 Å². The van der Waals surface area contributed by atoms with E-state index in [9.17, 15) is 9.59 Å². The topological polar surface area (TPSA) is 78.6 Å². The summed E-state index contributed by atoms with van der Waals surface area (Å²) >= 11 is 0. The van der Waals surface area contributed by atoms with Crippen molar-refractivity contribution in [2.24, 2.45) is 7.05 Å². The van der Waals surface area contributed by atoms with Crippen molar-refractivity contribution in [2.75, 3.05) is 6.54 Å². The SMILES string of the molecule is Cc1ccc(COc2ccn(-c3ccc4c5c(n(C)c4c3)CN(C(=O)OC(C)(C)C)CC5)c(=O)c2)cn1. The molecule has 4 heterocycles. The molecule has 8 nitrogen and oxygen atoms in total. The number of carbonyl (C=O) groups is 1. The maximum absolute atomic E-state index is 12.9.